The van der Waals surface area contributed by atoms with Gasteiger partial charge in [-0.3, -0.25) is 29.3 Å². The molecular weight excluding hydrogens is 564 g/mol. The highest BCUT2D eigenvalue weighted by atomic mass is 16.7. The largest absolute Gasteiger partial charge is 0.497 e. The van der Waals surface area contributed by atoms with Crippen molar-refractivity contribution in [1.82, 2.24) is 10.6 Å². The number of ether oxygens (including phenoxy) is 6. The summed E-state index contributed by atoms with van der Waals surface area (Å²) in [5, 5.41) is 5.83. The molecule has 7 atom stereocenters. The fourth-order valence-corrected chi connectivity index (χ4v) is 4.92. The number of Topliss-reactive ketones (excluding diaryl/α,β-unsaturated/α-hetero) is 1. The zero-order valence-electron chi connectivity index (χ0n) is 24.4. The zero-order valence-corrected chi connectivity index (χ0v) is 24.4. The molecule has 0 spiro atoms. The fraction of sp³-hybridized carbons (Fsp3) is 0.433. The number of para-hydroxylation sites is 1. The average Bonchev–Trinajstić information content (AvgIpc) is 3.75. The minimum atomic E-state index is -1.36. The number of carbonyl (C=O) groups excluding carboxylic acids is 5. The summed E-state index contributed by atoms with van der Waals surface area (Å²) in [4.78, 5) is 61.5. The Morgan fingerprint density at radius 3 is 2.12 bits per heavy atom. The van der Waals surface area contributed by atoms with Gasteiger partial charge in [-0.25, -0.2) is 0 Å². The minimum absolute atomic E-state index is 0.133. The van der Waals surface area contributed by atoms with Crippen molar-refractivity contribution >= 4 is 29.6 Å². The number of hydrogen-bond donors (Lipinski definition) is 2. The third kappa shape index (κ3) is 7.87. The van der Waals surface area contributed by atoms with E-state index in [-0.39, 0.29) is 29.7 Å². The molecule has 13 heteroatoms. The van der Waals surface area contributed by atoms with Crippen molar-refractivity contribution in [3.8, 4) is 11.5 Å². The van der Waals surface area contributed by atoms with Crippen molar-refractivity contribution in [2.24, 2.45) is 0 Å². The van der Waals surface area contributed by atoms with Gasteiger partial charge in [0.25, 0.3) is 0 Å². The molecule has 0 aromatic heterocycles. The van der Waals surface area contributed by atoms with Crippen molar-refractivity contribution in [2.75, 3.05) is 13.7 Å². The van der Waals surface area contributed by atoms with Gasteiger partial charge in [-0.2, -0.15) is 0 Å². The number of ketones is 1. The molecule has 2 N–H and O–H groups in total. The summed E-state index contributed by atoms with van der Waals surface area (Å²) in [6, 6.07) is 11.9. The highest BCUT2D eigenvalue weighted by Gasteiger charge is 2.52. The molecule has 0 unspecified atom stereocenters. The molecule has 0 aliphatic carbocycles. The summed E-state index contributed by atoms with van der Waals surface area (Å²) >= 11 is 0. The minimum Gasteiger partial charge on any atom is -0.497 e. The lowest BCUT2D eigenvalue weighted by molar-refractivity contribution is -0.257. The van der Waals surface area contributed by atoms with Crippen molar-refractivity contribution in [3.05, 3.63) is 59.7 Å². The lowest BCUT2D eigenvalue weighted by Crippen LogP contribution is -2.67. The molecule has 0 saturated carbocycles. The number of benzene rings is 2. The SMILES string of the molecule is COc1ccc([C@@H]2N[C@@H]2C(=O)c2ccccc2O[C@@H]2O[C@H](COC(C)=O)[C@@H](OC(C)=O)[C@H](OC(C)=O)[C@H]2NC(C)=O)cc1. The van der Waals surface area contributed by atoms with Crippen LogP contribution in [0.15, 0.2) is 48.5 Å². The first-order chi connectivity index (χ1) is 20.5. The lowest BCUT2D eigenvalue weighted by atomic mass is 9.95. The van der Waals surface area contributed by atoms with Gasteiger partial charge >= 0.3 is 17.9 Å². The van der Waals surface area contributed by atoms with Crippen LogP contribution in [0.25, 0.3) is 0 Å². The van der Waals surface area contributed by atoms with E-state index in [1.807, 2.05) is 24.3 Å². The van der Waals surface area contributed by atoms with E-state index in [0.717, 1.165) is 19.4 Å². The molecule has 2 aromatic carbocycles. The quantitative estimate of drug-likeness (QED) is 0.166. The van der Waals surface area contributed by atoms with Crippen LogP contribution in [0.3, 0.4) is 0 Å². The molecule has 4 rings (SSSR count). The predicted octanol–water partition coefficient (Wildman–Crippen LogP) is 1.63. The topological polar surface area (TPSA) is 175 Å². The van der Waals surface area contributed by atoms with Gasteiger partial charge in [0, 0.05) is 27.7 Å². The van der Waals surface area contributed by atoms with E-state index in [2.05, 4.69) is 10.6 Å². The van der Waals surface area contributed by atoms with Crippen LogP contribution in [-0.4, -0.2) is 80.0 Å². The van der Waals surface area contributed by atoms with Crippen LogP contribution in [0.2, 0.25) is 0 Å². The summed E-state index contributed by atoms with van der Waals surface area (Å²) < 4.78 is 33.5. The molecule has 0 bridgehead atoms. The van der Waals surface area contributed by atoms with Gasteiger partial charge in [-0.05, 0) is 29.8 Å². The molecule has 230 valence electrons. The third-order valence-electron chi connectivity index (χ3n) is 6.81. The van der Waals surface area contributed by atoms with E-state index in [4.69, 9.17) is 28.4 Å². The second-order valence-corrected chi connectivity index (χ2v) is 10.1. The highest BCUT2D eigenvalue weighted by molar-refractivity contribution is 6.04. The number of hydrogen-bond acceptors (Lipinski definition) is 12. The van der Waals surface area contributed by atoms with Crippen molar-refractivity contribution in [2.45, 2.75) is 70.4 Å². The first kappa shape index (κ1) is 31.4. The predicted molar refractivity (Wildman–Crippen MR) is 148 cm³/mol. The van der Waals surface area contributed by atoms with Gasteiger partial charge in [-0.1, -0.05) is 24.3 Å². The normalized spacial score (nSPS) is 25.9. The molecule has 43 heavy (non-hydrogen) atoms. The Balaban J connectivity index is 1.63. The number of amides is 1. The Morgan fingerprint density at radius 1 is 0.860 bits per heavy atom. The first-order valence-electron chi connectivity index (χ1n) is 13.6. The number of nitrogens with one attached hydrogen (secondary N) is 2. The van der Waals surface area contributed by atoms with Crippen LogP contribution in [0.1, 0.15) is 49.7 Å². The van der Waals surface area contributed by atoms with E-state index in [1.165, 1.54) is 13.8 Å². The van der Waals surface area contributed by atoms with Crippen LogP contribution < -0.4 is 20.1 Å². The molecule has 2 aromatic rings. The Labute approximate surface area is 248 Å². The van der Waals surface area contributed by atoms with Gasteiger partial charge in [0.15, 0.2) is 18.0 Å². The van der Waals surface area contributed by atoms with Crippen LogP contribution in [0.5, 0.6) is 11.5 Å². The number of carbonyl (C=O) groups is 5. The standard InChI is InChI=1S/C30H34N2O11/c1-15(33)31-26-29(41-18(4)36)28(40-17(3)35)23(14-39-16(2)34)43-30(26)42-22-9-7-6-8-21(22)27(37)25-24(32-25)19-10-12-20(38-5)13-11-19/h6-13,23-26,28-30,32H,14H2,1-5H3,(H,31,33)/t23-,24+,25+,26-,28-,29-,30-/m1/s1. The van der Waals surface area contributed by atoms with Crippen molar-refractivity contribution in [1.29, 1.82) is 0 Å². The Bertz CT molecular complexity index is 1360. The summed E-state index contributed by atoms with van der Waals surface area (Å²) in [7, 11) is 1.57. The van der Waals surface area contributed by atoms with Crippen molar-refractivity contribution in [3.63, 3.8) is 0 Å². The number of methoxy groups -OCH3 is 1. The monoisotopic (exact) mass is 598 g/mol. The van der Waals surface area contributed by atoms with Crippen LogP contribution >= 0.6 is 0 Å². The molecule has 2 heterocycles. The van der Waals surface area contributed by atoms with E-state index in [0.29, 0.717) is 5.75 Å². The molecule has 2 aliphatic rings. The number of esters is 3. The molecule has 2 saturated heterocycles. The molecular formula is C30H34N2O11. The molecule has 0 radical (unpaired) electrons. The molecule has 2 aliphatic heterocycles. The van der Waals surface area contributed by atoms with Gasteiger partial charge in [0.05, 0.1) is 24.8 Å². The summed E-state index contributed by atoms with van der Waals surface area (Å²) in [5.41, 5.74) is 1.15. The third-order valence-corrected chi connectivity index (χ3v) is 6.81. The maximum Gasteiger partial charge on any atom is 0.303 e. The number of rotatable bonds is 11. The van der Waals surface area contributed by atoms with E-state index >= 15 is 0 Å². The lowest BCUT2D eigenvalue weighted by Gasteiger charge is -2.44. The second-order valence-electron chi connectivity index (χ2n) is 10.1. The maximum atomic E-state index is 13.6. The van der Waals surface area contributed by atoms with E-state index < -0.39 is 60.5 Å². The van der Waals surface area contributed by atoms with Gasteiger partial charge in [0.2, 0.25) is 12.2 Å². The summed E-state index contributed by atoms with van der Waals surface area (Å²) in [6.45, 7) is 4.35. The highest BCUT2D eigenvalue weighted by Crippen LogP contribution is 2.36. The van der Waals surface area contributed by atoms with Crippen LogP contribution in [0.4, 0.5) is 0 Å². The smallest absolute Gasteiger partial charge is 0.303 e. The summed E-state index contributed by atoms with van der Waals surface area (Å²) in [6.07, 6.45) is -5.08. The van der Waals surface area contributed by atoms with E-state index in [9.17, 15) is 24.0 Å². The van der Waals surface area contributed by atoms with Crippen LogP contribution in [-0.2, 0) is 38.1 Å². The Hall–Kier alpha value is -4.49. The molecule has 2 fully saturated rings. The summed E-state index contributed by atoms with van der Waals surface area (Å²) in [5.74, 6) is -2.02. The van der Waals surface area contributed by atoms with Crippen molar-refractivity contribution < 1.29 is 52.4 Å². The van der Waals surface area contributed by atoms with Gasteiger partial charge in [-0.15, -0.1) is 0 Å². The maximum absolute atomic E-state index is 13.6. The molecule has 13 nitrogen and oxygen atoms in total. The van der Waals surface area contributed by atoms with Gasteiger partial charge < -0.3 is 33.7 Å². The second kappa shape index (κ2) is 13.7. The van der Waals surface area contributed by atoms with E-state index in [1.54, 1.807) is 31.4 Å². The average molecular weight is 599 g/mol. The fourth-order valence-electron chi connectivity index (χ4n) is 4.92. The zero-order chi connectivity index (χ0) is 31.3. The first-order valence-corrected chi connectivity index (χ1v) is 13.6. The Morgan fingerprint density at radius 2 is 1.51 bits per heavy atom. The van der Waals surface area contributed by atoms with Gasteiger partial charge in [0.1, 0.15) is 30.3 Å². The van der Waals surface area contributed by atoms with Crippen LogP contribution in [0, 0.1) is 0 Å². The molecule has 1 amide bonds. The Kier molecular flexibility index (Phi) is 9.99.